The molecule has 1 amide bonds. The molecule has 0 aliphatic carbocycles. The Morgan fingerprint density at radius 3 is 2.47 bits per heavy atom. The van der Waals surface area contributed by atoms with Crippen LogP contribution in [-0.2, 0) is 13.0 Å². The molecule has 0 unspecified atom stereocenters. The van der Waals surface area contributed by atoms with Crippen LogP contribution in [0.4, 0.5) is 4.39 Å². The Labute approximate surface area is 187 Å². The van der Waals surface area contributed by atoms with Crippen molar-refractivity contribution in [3.8, 4) is 11.5 Å². The van der Waals surface area contributed by atoms with E-state index in [4.69, 9.17) is 4.42 Å². The number of benzene rings is 2. The zero-order valence-electron chi connectivity index (χ0n) is 18.6. The van der Waals surface area contributed by atoms with Crippen molar-refractivity contribution in [3.63, 3.8) is 0 Å². The first kappa shape index (κ1) is 23.0. The minimum atomic E-state index is -0.294. The van der Waals surface area contributed by atoms with E-state index in [-0.39, 0.29) is 11.7 Å². The number of hydrogen-bond donors (Lipinski definition) is 2. The standard InChI is InChI=1S/C24H28FN5O2/c1-4-26-24(28-15-17-5-7-19(8-6-17)23(31)30(2)3)27-14-13-21-16-32-22(29-21)18-9-11-20(25)12-10-18/h5-12,16H,4,13-15H2,1-3H3,(H2,26,27,28). The summed E-state index contributed by atoms with van der Waals surface area (Å²) in [5, 5.41) is 6.51. The zero-order valence-corrected chi connectivity index (χ0v) is 18.6. The van der Waals surface area contributed by atoms with Crippen molar-refractivity contribution >= 4 is 11.9 Å². The van der Waals surface area contributed by atoms with Crippen molar-refractivity contribution in [1.29, 1.82) is 0 Å². The van der Waals surface area contributed by atoms with Crippen LogP contribution >= 0.6 is 0 Å². The number of nitrogens with zero attached hydrogens (tertiary/aromatic N) is 3. The fourth-order valence-electron chi connectivity index (χ4n) is 2.98. The maximum Gasteiger partial charge on any atom is 0.253 e. The summed E-state index contributed by atoms with van der Waals surface area (Å²) in [6.45, 7) is 3.86. The second-order valence-electron chi connectivity index (χ2n) is 7.42. The lowest BCUT2D eigenvalue weighted by Gasteiger charge is -2.11. The van der Waals surface area contributed by atoms with Gasteiger partial charge in [-0.25, -0.2) is 14.4 Å². The van der Waals surface area contributed by atoms with Crippen LogP contribution in [0.5, 0.6) is 0 Å². The van der Waals surface area contributed by atoms with E-state index in [1.165, 1.54) is 12.1 Å². The molecule has 0 aliphatic heterocycles. The predicted octanol–water partition coefficient (Wildman–Crippen LogP) is 3.48. The topological polar surface area (TPSA) is 82.8 Å². The number of aromatic nitrogens is 1. The molecule has 1 aromatic heterocycles. The fraction of sp³-hybridized carbons (Fsp3) is 0.292. The van der Waals surface area contributed by atoms with Crippen molar-refractivity contribution in [2.75, 3.05) is 27.2 Å². The van der Waals surface area contributed by atoms with Gasteiger partial charge in [-0.2, -0.15) is 0 Å². The number of halogens is 1. The van der Waals surface area contributed by atoms with Gasteiger partial charge in [-0.15, -0.1) is 0 Å². The van der Waals surface area contributed by atoms with Crippen molar-refractivity contribution in [3.05, 3.63) is 77.4 Å². The number of aliphatic imine (C=N–C) groups is 1. The van der Waals surface area contributed by atoms with Crippen LogP contribution in [0.3, 0.4) is 0 Å². The van der Waals surface area contributed by atoms with E-state index in [2.05, 4.69) is 20.6 Å². The van der Waals surface area contributed by atoms with Crippen LogP contribution in [-0.4, -0.2) is 48.9 Å². The third-order valence-corrected chi connectivity index (χ3v) is 4.69. The third-order valence-electron chi connectivity index (χ3n) is 4.69. The molecule has 7 nitrogen and oxygen atoms in total. The van der Waals surface area contributed by atoms with Crippen molar-refractivity contribution in [1.82, 2.24) is 20.5 Å². The summed E-state index contributed by atoms with van der Waals surface area (Å²) in [5.41, 5.74) is 3.20. The molecule has 2 aromatic carbocycles. The van der Waals surface area contributed by atoms with Crippen molar-refractivity contribution in [2.24, 2.45) is 4.99 Å². The summed E-state index contributed by atoms with van der Waals surface area (Å²) in [7, 11) is 3.47. The van der Waals surface area contributed by atoms with Crippen LogP contribution in [0.2, 0.25) is 0 Å². The second kappa shape index (κ2) is 11.1. The number of carbonyl (C=O) groups excluding carboxylic acids is 1. The Morgan fingerprint density at radius 1 is 1.09 bits per heavy atom. The fourth-order valence-corrected chi connectivity index (χ4v) is 2.98. The van der Waals surface area contributed by atoms with Gasteiger partial charge in [0.05, 0.1) is 12.2 Å². The van der Waals surface area contributed by atoms with Gasteiger partial charge in [0.25, 0.3) is 5.91 Å². The van der Waals surface area contributed by atoms with Crippen LogP contribution in [0.15, 0.2) is 64.2 Å². The van der Waals surface area contributed by atoms with Gasteiger partial charge >= 0.3 is 0 Å². The number of hydrogen-bond acceptors (Lipinski definition) is 4. The highest BCUT2D eigenvalue weighted by Gasteiger charge is 2.08. The molecule has 8 heteroatoms. The monoisotopic (exact) mass is 437 g/mol. The second-order valence-corrected chi connectivity index (χ2v) is 7.42. The van der Waals surface area contributed by atoms with Crippen molar-refractivity contribution < 1.29 is 13.6 Å². The van der Waals surface area contributed by atoms with Gasteiger partial charge in [-0.05, 0) is 48.9 Å². The minimum absolute atomic E-state index is 0.0227. The zero-order chi connectivity index (χ0) is 22.9. The number of oxazole rings is 1. The number of nitrogens with one attached hydrogen (secondary N) is 2. The maximum absolute atomic E-state index is 13.1. The molecule has 32 heavy (non-hydrogen) atoms. The molecule has 0 spiro atoms. The van der Waals surface area contributed by atoms with E-state index < -0.39 is 0 Å². The van der Waals surface area contributed by atoms with Gasteiger partial charge in [-0.3, -0.25) is 4.79 Å². The molecule has 168 valence electrons. The van der Waals surface area contributed by atoms with Gasteiger partial charge < -0.3 is 20.0 Å². The summed E-state index contributed by atoms with van der Waals surface area (Å²) in [4.78, 5) is 22.6. The Bertz CT molecular complexity index is 1040. The minimum Gasteiger partial charge on any atom is -0.444 e. The third kappa shape index (κ3) is 6.41. The smallest absolute Gasteiger partial charge is 0.253 e. The molecule has 0 radical (unpaired) electrons. The highest BCUT2D eigenvalue weighted by atomic mass is 19.1. The molecule has 3 rings (SSSR count). The van der Waals surface area contributed by atoms with Gasteiger partial charge in [-0.1, -0.05) is 12.1 Å². The first-order chi connectivity index (χ1) is 15.5. The Kier molecular flexibility index (Phi) is 7.96. The average Bonchev–Trinajstić information content (AvgIpc) is 3.26. The lowest BCUT2D eigenvalue weighted by molar-refractivity contribution is 0.0827. The summed E-state index contributed by atoms with van der Waals surface area (Å²) >= 11 is 0. The average molecular weight is 438 g/mol. The summed E-state index contributed by atoms with van der Waals surface area (Å²) in [6, 6.07) is 13.5. The Morgan fingerprint density at radius 2 is 1.81 bits per heavy atom. The van der Waals surface area contributed by atoms with E-state index in [1.807, 2.05) is 31.2 Å². The Hall–Kier alpha value is -3.68. The number of amides is 1. The summed E-state index contributed by atoms with van der Waals surface area (Å²) in [6.07, 6.45) is 2.26. The normalized spacial score (nSPS) is 11.3. The van der Waals surface area contributed by atoms with Crippen LogP contribution in [0.25, 0.3) is 11.5 Å². The quantitative estimate of drug-likeness (QED) is 0.417. The van der Waals surface area contributed by atoms with Gasteiger partial charge in [0.2, 0.25) is 5.89 Å². The molecular weight excluding hydrogens is 409 g/mol. The highest BCUT2D eigenvalue weighted by Crippen LogP contribution is 2.19. The van der Waals surface area contributed by atoms with Crippen molar-refractivity contribution in [2.45, 2.75) is 19.9 Å². The van der Waals surface area contributed by atoms with Gasteiger partial charge in [0, 0.05) is 44.7 Å². The molecular formula is C24H28FN5O2. The van der Waals surface area contributed by atoms with E-state index >= 15 is 0 Å². The molecule has 0 aliphatic rings. The summed E-state index contributed by atoms with van der Waals surface area (Å²) in [5.74, 6) is 0.850. The lowest BCUT2D eigenvalue weighted by Crippen LogP contribution is -2.38. The Balaban J connectivity index is 1.53. The summed E-state index contributed by atoms with van der Waals surface area (Å²) < 4.78 is 18.6. The molecule has 1 heterocycles. The van der Waals surface area contributed by atoms with Crippen LogP contribution in [0, 0.1) is 5.82 Å². The molecule has 3 aromatic rings. The lowest BCUT2D eigenvalue weighted by atomic mass is 10.1. The highest BCUT2D eigenvalue weighted by molar-refractivity contribution is 5.93. The predicted molar refractivity (Wildman–Crippen MR) is 123 cm³/mol. The first-order valence-corrected chi connectivity index (χ1v) is 10.5. The van der Waals surface area contributed by atoms with E-state index in [0.717, 1.165) is 23.4 Å². The molecule has 2 N–H and O–H groups in total. The molecule has 0 saturated carbocycles. The van der Waals surface area contributed by atoms with Crippen LogP contribution in [0.1, 0.15) is 28.5 Å². The number of rotatable bonds is 8. The van der Waals surface area contributed by atoms with Gasteiger partial charge in [0.15, 0.2) is 5.96 Å². The van der Waals surface area contributed by atoms with E-state index in [9.17, 15) is 9.18 Å². The maximum atomic E-state index is 13.1. The van der Waals surface area contributed by atoms with Gasteiger partial charge in [0.1, 0.15) is 12.1 Å². The first-order valence-electron chi connectivity index (χ1n) is 10.5. The van der Waals surface area contributed by atoms with E-state index in [0.29, 0.717) is 36.9 Å². The largest absolute Gasteiger partial charge is 0.444 e. The molecule has 0 saturated heterocycles. The molecule has 0 atom stereocenters. The SMILES string of the molecule is CCNC(=NCc1ccc(C(=O)N(C)C)cc1)NCCc1coc(-c2ccc(F)cc2)n1. The number of carbonyl (C=O) groups is 1. The van der Waals surface area contributed by atoms with E-state index in [1.54, 1.807) is 37.4 Å². The molecule has 0 fully saturated rings. The number of guanidine groups is 1. The van der Waals surface area contributed by atoms with Crippen LogP contribution < -0.4 is 10.6 Å². The molecule has 0 bridgehead atoms.